The molecule has 5 rings (SSSR count). The summed E-state index contributed by atoms with van der Waals surface area (Å²) >= 11 is 0. The van der Waals surface area contributed by atoms with E-state index in [0.717, 1.165) is 12.1 Å². The van der Waals surface area contributed by atoms with E-state index in [9.17, 15) is 26.4 Å². The molecule has 1 unspecified atom stereocenters. The molecule has 1 N–H and O–H groups in total. The molecule has 36 heavy (non-hydrogen) atoms. The van der Waals surface area contributed by atoms with E-state index in [-0.39, 0.29) is 39.5 Å². The van der Waals surface area contributed by atoms with Gasteiger partial charge in [0.1, 0.15) is 17.5 Å². The van der Waals surface area contributed by atoms with Gasteiger partial charge in [-0.15, -0.1) is 0 Å². The second-order valence-corrected chi connectivity index (χ2v) is 10.9. The minimum Gasteiger partial charge on any atom is -0.348 e. The fraction of sp³-hybridized carbons (Fsp3) is 0.240. The highest BCUT2D eigenvalue weighted by Crippen LogP contribution is 2.32. The molecular formula is C25H21F3N4O3S. The Labute approximate surface area is 204 Å². The van der Waals surface area contributed by atoms with Gasteiger partial charge < -0.3 is 5.32 Å². The molecule has 3 heterocycles. The number of benzene rings is 2. The van der Waals surface area contributed by atoms with Gasteiger partial charge in [0.05, 0.1) is 39.9 Å². The standard InChI is InChI=1S/C25H21F3N4O3S/c1-14-23-17(25(33)29-12-18-20(27)7-4-8-21(18)28)11-22(16-5-2-3-6-19(16)26)30-24(23)32(31-14)15-9-10-36(34,35)13-15/h2-8,11,15H,9-10,12-13H2,1H3,(H,29,33). The number of rotatable bonds is 5. The number of carbonyl (C=O) groups is 1. The van der Waals surface area contributed by atoms with Crippen molar-refractivity contribution in [2.24, 2.45) is 0 Å². The SMILES string of the molecule is Cc1nn(C2CCS(=O)(=O)C2)c2nc(-c3ccccc3F)cc(C(=O)NCc3c(F)cccc3F)c12. The summed E-state index contributed by atoms with van der Waals surface area (Å²) in [6.45, 7) is 1.24. The lowest BCUT2D eigenvalue weighted by molar-refractivity contribution is 0.0951. The van der Waals surface area contributed by atoms with Crippen LogP contribution in [0.1, 0.15) is 34.1 Å². The second kappa shape index (κ2) is 9.05. The largest absolute Gasteiger partial charge is 0.348 e. The third-order valence-corrected chi connectivity index (χ3v) is 8.02. The summed E-state index contributed by atoms with van der Waals surface area (Å²) in [6, 6.07) is 10.2. The van der Waals surface area contributed by atoms with Gasteiger partial charge in [-0.05, 0) is 43.7 Å². The summed E-state index contributed by atoms with van der Waals surface area (Å²) in [5.74, 6) is -2.93. The van der Waals surface area contributed by atoms with Crippen molar-refractivity contribution in [3.8, 4) is 11.3 Å². The lowest BCUT2D eigenvalue weighted by atomic mass is 10.0. The van der Waals surface area contributed by atoms with E-state index < -0.39 is 45.8 Å². The van der Waals surface area contributed by atoms with Gasteiger partial charge in [-0.25, -0.2) is 31.3 Å². The first-order valence-electron chi connectivity index (χ1n) is 11.2. The van der Waals surface area contributed by atoms with E-state index in [2.05, 4.69) is 15.4 Å². The van der Waals surface area contributed by atoms with Gasteiger partial charge in [0, 0.05) is 17.7 Å². The molecule has 186 valence electrons. The fourth-order valence-corrected chi connectivity index (χ4v) is 6.18. The fourth-order valence-electron chi connectivity index (χ4n) is 4.49. The number of nitrogens with zero attached hydrogens (tertiary/aromatic N) is 3. The van der Waals surface area contributed by atoms with Crippen molar-refractivity contribution in [1.29, 1.82) is 0 Å². The van der Waals surface area contributed by atoms with Crippen LogP contribution in [-0.4, -0.2) is 40.6 Å². The molecule has 7 nitrogen and oxygen atoms in total. The molecule has 0 radical (unpaired) electrons. The van der Waals surface area contributed by atoms with Gasteiger partial charge in [-0.1, -0.05) is 18.2 Å². The van der Waals surface area contributed by atoms with Gasteiger partial charge in [-0.3, -0.25) is 4.79 Å². The monoisotopic (exact) mass is 514 g/mol. The van der Waals surface area contributed by atoms with Crippen LogP contribution in [0.15, 0.2) is 48.5 Å². The lowest BCUT2D eigenvalue weighted by Gasteiger charge is -2.13. The number of halogens is 3. The molecule has 4 aromatic rings. The number of nitrogens with one attached hydrogen (secondary N) is 1. The van der Waals surface area contributed by atoms with E-state index in [1.807, 2.05) is 0 Å². The zero-order valence-corrected chi connectivity index (χ0v) is 19.9. The molecule has 1 aliphatic heterocycles. The van der Waals surface area contributed by atoms with Gasteiger partial charge in [0.15, 0.2) is 15.5 Å². The predicted molar refractivity (Wildman–Crippen MR) is 127 cm³/mol. The molecule has 0 aliphatic carbocycles. The molecule has 1 fully saturated rings. The summed E-state index contributed by atoms with van der Waals surface area (Å²) in [5.41, 5.74) is 0.721. The summed E-state index contributed by atoms with van der Waals surface area (Å²) in [4.78, 5) is 17.9. The highest BCUT2D eigenvalue weighted by Gasteiger charge is 2.32. The number of aryl methyl sites for hydroxylation is 1. The minimum atomic E-state index is -3.24. The molecule has 0 spiro atoms. The molecule has 1 aliphatic rings. The van der Waals surface area contributed by atoms with E-state index in [4.69, 9.17) is 0 Å². The third-order valence-electron chi connectivity index (χ3n) is 6.27. The zero-order chi connectivity index (χ0) is 25.6. The van der Waals surface area contributed by atoms with Crippen LogP contribution in [0, 0.1) is 24.4 Å². The van der Waals surface area contributed by atoms with Gasteiger partial charge in [0.25, 0.3) is 5.91 Å². The number of sulfone groups is 1. The summed E-state index contributed by atoms with van der Waals surface area (Å²) < 4.78 is 68.5. The molecule has 2 aromatic heterocycles. The van der Waals surface area contributed by atoms with Crippen LogP contribution >= 0.6 is 0 Å². The van der Waals surface area contributed by atoms with Gasteiger partial charge in [0.2, 0.25) is 0 Å². The highest BCUT2D eigenvalue weighted by atomic mass is 32.2. The minimum absolute atomic E-state index is 0.00657. The van der Waals surface area contributed by atoms with Crippen LogP contribution in [0.3, 0.4) is 0 Å². The number of hydrogen-bond acceptors (Lipinski definition) is 5. The van der Waals surface area contributed by atoms with Crippen molar-refractivity contribution in [2.45, 2.75) is 25.9 Å². The molecular weight excluding hydrogens is 493 g/mol. The first-order chi connectivity index (χ1) is 17.1. The van der Waals surface area contributed by atoms with E-state index in [1.165, 1.54) is 35.0 Å². The van der Waals surface area contributed by atoms with Gasteiger partial charge >= 0.3 is 0 Å². The molecule has 0 saturated carbocycles. The van der Waals surface area contributed by atoms with Crippen molar-refractivity contribution in [3.05, 3.63) is 82.8 Å². The molecule has 1 atom stereocenters. The number of pyridine rings is 1. The van der Waals surface area contributed by atoms with Crippen LogP contribution < -0.4 is 5.32 Å². The van der Waals surface area contributed by atoms with Gasteiger partial charge in [-0.2, -0.15) is 5.10 Å². The Morgan fingerprint density at radius 2 is 1.78 bits per heavy atom. The third kappa shape index (κ3) is 4.34. The number of amides is 1. The molecule has 11 heteroatoms. The summed E-state index contributed by atoms with van der Waals surface area (Å²) in [6.07, 6.45) is 0.332. The van der Waals surface area contributed by atoms with Crippen molar-refractivity contribution in [2.75, 3.05) is 11.5 Å². The Balaban J connectivity index is 1.63. The van der Waals surface area contributed by atoms with E-state index in [0.29, 0.717) is 17.5 Å². The molecule has 2 aromatic carbocycles. The average Bonchev–Trinajstić information content (AvgIpc) is 3.37. The van der Waals surface area contributed by atoms with Crippen LogP contribution in [-0.2, 0) is 16.4 Å². The van der Waals surface area contributed by atoms with Crippen LogP contribution in [0.5, 0.6) is 0 Å². The second-order valence-electron chi connectivity index (χ2n) is 8.70. The maximum atomic E-state index is 14.6. The first kappa shape index (κ1) is 24.0. The van der Waals surface area contributed by atoms with Crippen molar-refractivity contribution < 1.29 is 26.4 Å². The Bertz CT molecular complexity index is 1600. The Morgan fingerprint density at radius 3 is 2.44 bits per heavy atom. The smallest absolute Gasteiger partial charge is 0.252 e. The Morgan fingerprint density at radius 1 is 1.08 bits per heavy atom. The quantitative estimate of drug-likeness (QED) is 0.433. The Kier molecular flexibility index (Phi) is 6.03. The van der Waals surface area contributed by atoms with Crippen molar-refractivity contribution >= 4 is 26.8 Å². The topological polar surface area (TPSA) is 93.9 Å². The lowest BCUT2D eigenvalue weighted by Crippen LogP contribution is -2.24. The number of carbonyl (C=O) groups excluding carboxylic acids is 1. The van der Waals surface area contributed by atoms with Crippen molar-refractivity contribution in [1.82, 2.24) is 20.1 Å². The normalized spacial score (nSPS) is 16.9. The molecule has 0 bridgehead atoms. The number of fused-ring (bicyclic) bond motifs is 1. The van der Waals surface area contributed by atoms with Crippen LogP contribution in [0.2, 0.25) is 0 Å². The zero-order valence-electron chi connectivity index (χ0n) is 19.1. The average molecular weight is 515 g/mol. The Hall–Kier alpha value is -3.73. The van der Waals surface area contributed by atoms with Crippen LogP contribution in [0.4, 0.5) is 13.2 Å². The predicted octanol–water partition coefficient (Wildman–Crippen LogP) is 4.11. The summed E-state index contributed by atoms with van der Waals surface area (Å²) in [7, 11) is -3.24. The highest BCUT2D eigenvalue weighted by molar-refractivity contribution is 7.91. The molecule has 1 saturated heterocycles. The number of hydrogen-bond donors (Lipinski definition) is 1. The maximum Gasteiger partial charge on any atom is 0.252 e. The first-order valence-corrected chi connectivity index (χ1v) is 13.0. The van der Waals surface area contributed by atoms with Crippen LogP contribution in [0.25, 0.3) is 22.3 Å². The maximum absolute atomic E-state index is 14.6. The summed E-state index contributed by atoms with van der Waals surface area (Å²) in [5, 5.41) is 7.36. The van der Waals surface area contributed by atoms with E-state index in [1.54, 1.807) is 13.0 Å². The molecule has 1 amide bonds. The van der Waals surface area contributed by atoms with Crippen molar-refractivity contribution in [3.63, 3.8) is 0 Å². The van der Waals surface area contributed by atoms with E-state index >= 15 is 0 Å². The number of aromatic nitrogens is 3.